The molecule has 1 fully saturated rings. The van der Waals surface area contributed by atoms with E-state index in [1.165, 1.54) is 0 Å². The first-order chi connectivity index (χ1) is 5.65. The Kier molecular flexibility index (Phi) is 2.84. The van der Waals surface area contributed by atoms with Crippen molar-refractivity contribution >= 4 is 11.8 Å². The number of carbonyl (C=O) groups is 2. The monoisotopic (exact) mass is 170 g/mol. The van der Waals surface area contributed by atoms with Gasteiger partial charge in [0.25, 0.3) is 0 Å². The Labute approximate surface area is 72.1 Å². The standard InChI is InChI=1S/C9H14O3/c1-3-8-7(4-6(2)10)5-12-9(8)11/h7-8H,3-5H2,1-2H3. The Balaban J connectivity index is 2.54. The summed E-state index contributed by atoms with van der Waals surface area (Å²) in [5.41, 5.74) is 0. The van der Waals surface area contributed by atoms with Crippen LogP contribution in [-0.4, -0.2) is 18.4 Å². The molecule has 3 nitrogen and oxygen atoms in total. The zero-order valence-corrected chi connectivity index (χ0v) is 7.50. The van der Waals surface area contributed by atoms with Crippen molar-refractivity contribution in [3.63, 3.8) is 0 Å². The summed E-state index contributed by atoms with van der Waals surface area (Å²) in [5, 5.41) is 0. The molecule has 2 unspecified atom stereocenters. The summed E-state index contributed by atoms with van der Waals surface area (Å²) in [6, 6.07) is 0. The van der Waals surface area contributed by atoms with Crippen molar-refractivity contribution in [3.8, 4) is 0 Å². The first-order valence-corrected chi connectivity index (χ1v) is 4.31. The van der Waals surface area contributed by atoms with Crippen molar-refractivity contribution in [1.82, 2.24) is 0 Å². The average Bonchev–Trinajstić information content (AvgIpc) is 2.30. The maximum Gasteiger partial charge on any atom is 0.309 e. The Morgan fingerprint density at radius 3 is 2.83 bits per heavy atom. The van der Waals surface area contributed by atoms with Crippen molar-refractivity contribution in [2.24, 2.45) is 11.8 Å². The minimum Gasteiger partial charge on any atom is -0.465 e. The van der Waals surface area contributed by atoms with Gasteiger partial charge in [0, 0.05) is 12.3 Å². The largest absolute Gasteiger partial charge is 0.465 e. The molecule has 1 heterocycles. The number of ether oxygens (including phenoxy) is 1. The van der Waals surface area contributed by atoms with E-state index in [2.05, 4.69) is 0 Å². The number of carbonyl (C=O) groups excluding carboxylic acids is 2. The quantitative estimate of drug-likeness (QED) is 0.597. The molecule has 1 rings (SSSR count). The topological polar surface area (TPSA) is 43.4 Å². The van der Waals surface area contributed by atoms with Crippen LogP contribution < -0.4 is 0 Å². The van der Waals surface area contributed by atoms with Crippen LogP contribution in [0, 0.1) is 11.8 Å². The van der Waals surface area contributed by atoms with Gasteiger partial charge in [-0.3, -0.25) is 4.79 Å². The fraction of sp³-hybridized carbons (Fsp3) is 0.778. The van der Waals surface area contributed by atoms with Crippen LogP contribution in [0.3, 0.4) is 0 Å². The summed E-state index contributed by atoms with van der Waals surface area (Å²) < 4.78 is 4.88. The van der Waals surface area contributed by atoms with Crippen LogP contribution in [0.2, 0.25) is 0 Å². The second kappa shape index (κ2) is 3.70. The van der Waals surface area contributed by atoms with E-state index in [-0.39, 0.29) is 23.6 Å². The second-order valence-electron chi connectivity index (χ2n) is 3.31. The summed E-state index contributed by atoms with van der Waals surface area (Å²) in [4.78, 5) is 21.9. The third-order valence-corrected chi connectivity index (χ3v) is 2.30. The Morgan fingerprint density at radius 1 is 1.67 bits per heavy atom. The van der Waals surface area contributed by atoms with Gasteiger partial charge in [0.15, 0.2) is 0 Å². The molecule has 0 N–H and O–H groups in total. The summed E-state index contributed by atoms with van der Waals surface area (Å²) in [5.74, 6) is 0.0781. The molecular weight excluding hydrogens is 156 g/mol. The molecule has 0 aromatic heterocycles. The second-order valence-corrected chi connectivity index (χ2v) is 3.31. The molecule has 68 valence electrons. The van der Waals surface area contributed by atoms with E-state index < -0.39 is 0 Å². The van der Waals surface area contributed by atoms with E-state index in [4.69, 9.17) is 4.74 Å². The molecule has 0 saturated carbocycles. The van der Waals surface area contributed by atoms with Crippen LogP contribution in [0.4, 0.5) is 0 Å². The van der Waals surface area contributed by atoms with Crippen molar-refractivity contribution < 1.29 is 14.3 Å². The Hall–Kier alpha value is -0.860. The summed E-state index contributed by atoms with van der Waals surface area (Å²) in [7, 11) is 0. The van der Waals surface area contributed by atoms with Gasteiger partial charge < -0.3 is 9.53 Å². The molecule has 12 heavy (non-hydrogen) atoms. The van der Waals surface area contributed by atoms with E-state index in [1.807, 2.05) is 6.92 Å². The van der Waals surface area contributed by atoms with Gasteiger partial charge in [0.05, 0.1) is 12.5 Å². The van der Waals surface area contributed by atoms with Crippen LogP contribution in [0.1, 0.15) is 26.7 Å². The molecule has 0 amide bonds. The number of cyclic esters (lactones) is 1. The van der Waals surface area contributed by atoms with Crippen molar-refractivity contribution in [2.75, 3.05) is 6.61 Å². The van der Waals surface area contributed by atoms with Crippen molar-refractivity contribution in [1.29, 1.82) is 0 Å². The summed E-state index contributed by atoms with van der Waals surface area (Å²) in [6.45, 7) is 3.93. The average molecular weight is 170 g/mol. The molecular formula is C9H14O3. The lowest BCUT2D eigenvalue weighted by Gasteiger charge is -2.09. The van der Waals surface area contributed by atoms with Crippen LogP contribution >= 0.6 is 0 Å². The highest BCUT2D eigenvalue weighted by molar-refractivity contribution is 5.79. The molecule has 0 radical (unpaired) electrons. The van der Waals surface area contributed by atoms with Crippen LogP contribution in [0.15, 0.2) is 0 Å². The molecule has 0 bridgehead atoms. The van der Waals surface area contributed by atoms with Gasteiger partial charge in [-0.15, -0.1) is 0 Å². The minimum atomic E-state index is -0.135. The highest BCUT2D eigenvalue weighted by Gasteiger charge is 2.35. The minimum absolute atomic E-state index is 0.0473. The number of Topliss-reactive ketones (excluding diaryl/α,β-unsaturated/α-hetero) is 1. The highest BCUT2D eigenvalue weighted by Crippen LogP contribution is 2.27. The Morgan fingerprint density at radius 2 is 2.33 bits per heavy atom. The SMILES string of the molecule is CCC1C(=O)OCC1CC(C)=O. The van der Waals surface area contributed by atoms with Crippen LogP contribution in [-0.2, 0) is 14.3 Å². The number of rotatable bonds is 3. The van der Waals surface area contributed by atoms with Gasteiger partial charge in [-0.05, 0) is 13.3 Å². The maximum atomic E-state index is 11.1. The predicted octanol–water partition coefficient (Wildman–Crippen LogP) is 1.16. The smallest absolute Gasteiger partial charge is 0.309 e. The van der Waals surface area contributed by atoms with E-state index in [0.29, 0.717) is 13.0 Å². The zero-order chi connectivity index (χ0) is 9.14. The van der Waals surface area contributed by atoms with Gasteiger partial charge in [-0.25, -0.2) is 0 Å². The van der Waals surface area contributed by atoms with E-state index in [0.717, 1.165) is 6.42 Å². The lowest BCUT2D eigenvalue weighted by molar-refractivity contribution is -0.141. The van der Waals surface area contributed by atoms with E-state index >= 15 is 0 Å². The molecule has 0 aliphatic carbocycles. The third kappa shape index (κ3) is 1.84. The highest BCUT2D eigenvalue weighted by atomic mass is 16.5. The molecule has 0 aromatic carbocycles. The summed E-state index contributed by atoms with van der Waals surface area (Å²) >= 11 is 0. The number of hydrogen-bond acceptors (Lipinski definition) is 3. The van der Waals surface area contributed by atoms with Gasteiger partial charge in [0.2, 0.25) is 0 Å². The molecule has 1 saturated heterocycles. The molecule has 1 aliphatic rings. The Bertz CT molecular complexity index is 198. The lowest BCUT2D eigenvalue weighted by atomic mass is 9.89. The van der Waals surface area contributed by atoms with Crippen LogP contribution in [0.25, 0.3) is 0 Å². The van der Waals surface area contributed by atoms with E-state index in [1.54, 1.807) is 6.92 Å². The fourth-order valence-electron chi connectivity index (χ4n) is 1.68. The molecule has 0 spiro atoms. The molecule has 0 aromatic rings. The van der Waals surface area contributed by atoms with Gasteiger partial charge in [-0.2, -0.15) is 0 Å². The first kappa shape index (κ1) is 9.23. The van der Waals surface area contributed by atoms with Gasteiger partial charge in [0.1, 0.15) is 5.78 Å². The van der Waals surface area contributed by atoms with Crippen molar-refractivity contribution in [3.05, 3.63) is 0 Å². The van der Waals surface area contributed by atoms with Gasteiger partial charge >= 0.3 is 5.97 Å². The fourth-order valence-corrected chi connectivity index (χ4v) is 1.68. The third-order valence-electron chi connectivity index (χ3n) is 2.30. The van der Waals surface area contributed by atoms with E-state index in [9.17, 15) is 9.59 Å². The van der Waals surface area contributed by atoms with Crippen molar-refractivity contribution in [2.45, 2.75) is 26.7 Å². The molecule has 1 aliphatic heterocycles. The first-order valence-electron chi connectivity index (χ1n) is 4.31. The van der Waals surface area contributed by atoms with Gasteiger partial charge in [-0.1, -0.05) is 6.92 Å². The zero-order valence-electron chi connectivity index (χ0n) is 7.50. The number of esters is 1. The normalized spacial score (nSPS) is 28.7. The molecule has 3 heteroatoms. The summed E-state index contributed by atoms with van der Waals surface area (Å²) in [6.07, 6.45) is 1.25. The van der Waals surface area contributed by atoms with Crippen LogP contribution in [0.5, 0.6) is 0 Å². The lowest BCUT2D eigenvalue weighted by Crippen LogP contribution is -2.17. The maximum absolute atomic E-state index is 11.1. The number of hydrogen-bond donors (Lipinski definition) is 0. The predicted molar refractivity (Wildman–Crippen MR) is 43.5 cm³/mol. The number of ketones is 1. The molecule has 2 atom stereocenters.